The normalized spacial score (nSPS) is 20.8. The van der Waals surface area contributed by atoms with Gasteiger partial charge in [-0.3, -0.25) is 14.9 Å². The molecule has 0 aromatic heterocycles. The molecule has 0 bridgehead atoms. The fourth-order valence-electron chi connectivity index (χ4n) is 2.39. The summed E-state index contributed by atoms with van der Waals surface area (Å²) in [6.07, 6.45) is 1.55. The van der Waals surface area contributed by atoms with Gasteiger partial charge in [-0.2, -0.15) is 0 Å². The summed E-state index contributed by atoms with van der Waals surface area (Å²) in [5.41, 5.74) is 0.203. The number of hydrogen-bond acceptors (Lipinski definition) is 4. The molecule has 21 heavy (non-hydrogen) atoms. The third kappa shape index (κ3) is 3.91. The zero-order valence-corrected chi connectivity index (χ0v) is 11.1. The van der Waals surface area contributed by atoms with Crippen molar-refractivity contribution in [1.29, 1.82) is 0 Å². The van der Waals surface area contributed by atoms with Crippen LogP contribution in [0.25, 0.3) is 0 Å². The van der Waals surface area contributed by atoms with E-state index in [1.54, 1.807) is 6.07 Å². The summed E-state index contributed by atoms with van der Waals surface area (Å²) in [5, 5.41) is 24.7. The summed E-state index contributed by atoms with van der Waals surface area (Å²) in [6, 6.07) is 4.92. The van der Waals surface area contributed by atoms with E-state index in [2.05, 4.69) is 10.6 Å². The number of carboxylic acid groups (broad SMARTS) is 1. The summed E-state index contributed by atoms with van der Waals surface area (Å²) in [5.74, 6) is -1.27. The van der Waals surface area contributed by atoms with E-state index in [0.29, 0.717) is 24.9 Å². The summed E-state index contributed by atoms with van der Waals surface area (Å²) >= 11 is 0. The number of benzene rings is 1. The van der Waals surface area contributed by atoms with Gasteiger partial charge in [-0.15, -0.1) is 0 Å². The van der Waals surface area contributed by atoms with Crippen LogP contribution >= 0.6 is 0 Å². The predicted octanol–water partition coefficient (Wildman–Crippen LogP) is 1.97. The molecule has 1 aromatic rings. The van der Waals surface area contributed by atoms with Gasteiger partial charge in [0.25, 0.3) is 5.69 Å². The SMILES string of the molecule is O=C(Nc1cccc([N+](=O)[O-])c1)N[C@H]1CC[C@@H](C(=O)O)C1. The largest absolute Gasteiger partial charge is 0.481 e. The number of nitro groups is 1. The number of hydrogen-bond donors (Lipinski definition) is 3. The molecular weight excluding hydrogens is 278 g/mol. The maximum Gasteiger partial charge on any atom is 0.319 e. The fraction of sp³-hybridized carbons (Fsp3) is 0.385. The Labute approximate surface area is 120 Å². The van der Waals surface area contributed by atoms with Gasteiger partial charge >= 0.3 is 12.0 Å². The number of carboxylic acids is 1. The molecule has 1 aliphatic carbocycles. The lowest BCUT2D eigenvalue weighted by atomic mass is 10.1. The number of non-ortho nitro benzene ring substituents is 1. The van der Waals surface area contributed by atoms with Crippen molar-refractivity contribution >= 4 is 23.4 Å². The smallest absolute Gasteiger partial charge is 0.319 e. The van der Waals surface area contributed by atoms with E-state index in [9.17, 15) is 19.7 Å². The van der Waals surface area contributed by atoms with Gasteiger partial charge in [-0.1, -0.05) is 6.07 Å². The number of aliphatic carboxylic acids is 1. The van der Waals surface area contributed by atoms with Gasteiger partial charge in [0.15, 0.2) is 0 Å². The zero-order chi connectivity index (χ0) is 15.4. The summed E-state index contributed by atoms with van der Waals surface area (Å²) in [7, 11) is 0. The first kappa shape index (κ1) is 14.8. The molecule has 2 atom stereocenters. The minimum absolute atomic E-state index is 0.111. The van der Waals surface area contributed by atoms with E-state index in [1.165, 1.54) is 18.2 Å². The van der Waals surface area contributed by atoms with Crippen molar-refractivity contribution in [1.82, 2.24) is 5.32 Å². The molecule has 0 heterocycles. The second kappa shape index (κ2) is 6.21. The number of nitro benzene ring substituents is 1. The van der Waals surface area contributed by atoms with Crippen molar-refractivity contribution < 1.29 is 19.6 Å². The number of rotatable bonds is 4. The van der Waals surface area contributed by atoms with E-state index in [-0.39, 0.29) is 11.7 Å². The molecular formula is C13H15N3O5. The van der Waals surface area contributed by atoms with Crippen LogP contribution in [0.3, 0.4) is 0 Å². The molecule has 1 aromatic carbocycles. The van der Waals surface area contributed by atoms with Gasteiger partial charge < -0.3 is 15.7 Å². The van der Waals surface area contributed by atoms with Gasteiger partial charge in [-0.25, -0.2) is 4.79 Å². The van der Waals surface area contributed by atoms with Crippen LogP contribution in [-0.2, 0) is 4.79 Å². The molecule has 2 rings (SSSR count). The maximum atomic E-state index is 11.8. The second-order valence-corrected chi connectivity index (χ2v) is 4.95. The standard InChI is InChI=1S/C13H15N3O5/c17-12(18)8-4-5-10(6-8)15-13(19)14-9-2-1-3-11(7-9)16(20)21/h1-3,7-8,10H,4-6H2,(H,17,18)(H2,14,15,19)/t8-,10+/m1/s1. The van der Waals surface area contributed by atoms with Crippen LogP contribution in [0.15, 0.2) is 24.3 Å². The molecule has 0 aliphatic heterocycles. The van der Waals surface area contributed by atoms with Crippen LogP contribution in [0.2, 0.25) is 0 Å². The van der Waals surface area contributed by atoms with Crippen molar-refractivity contribution in [3.05, 3.63) is 34.4 Å². The van der Waals surface area contributed by atoms with Crippen LogP contribution in [-0.4, -0.2) is 28.1 Å². The number of nitrogens with zero attached hydrogens (tertiary/aromatic N) is 1. The van der Waals surface area contributed by atoms with Crippen molar-refractivity contribution in [3.8, 4) is 0 Å². The van der Waals surface area contributed by atoms with E-state index in [4.69, 9.17) is 5.11 Å². The average molecular weight is 293 g/mol. The lowest BCUT2D eigenvalue weighted by Gasteiger charge is -2.13. The Morgan fingerprint density at radius 3 is 2.71 bits per heavy atom. The molecule has 8 heteroatoms. The second-order valence-electron chi connectivity index (χ2n) is 4.95. The number of anilines is 1. The minimum atomic E-state index is -0.849. The van der Waals surface area contributed by atoms with Crippen LogP contribution in [0.4, 0.5) is 16.2 Å². The molecule has 112 valence electrons. The number of carbonyl (C=O) groups excluding carboxylic acids is 1. The van der Waals surface area contributed by atoms with Gasteiger partial charge in [0.05, 0.1) is 10.8 Å². The Balaban J connectivity index is 1.89. The molecule has 0 spiro atoms. The Morgan fingerprint density at radius 2 is 2.10 bits per heavy atom. The Hall–Kier alpha value is -2.64. The molecule has 8 nitrogen and oxygen atoms in total. The highest BCUT2D eigenvalue weighted by Crippen LogP contribution is 2.25. The van der Waals surface area contributed by atoms with Crippen LogP contribution < -0.4 is 10.6 Å². The summed E-state index contributed by atoms with van der Waals surface area (Å²) in [6.45, 7) is 0. The highest BCUT2D eigenvalue weighted by molar-refractivity contribution is 5.89. The van der Waals surface area contributed by atoms with Gasteiger partial charge in [-0.05, 0) is 25.3 Å². The van der Waals surface area contributed by atoms with Crippen molar-refractivity contribution in [2.75, 3.05) is 5.32 Å². The third-order valence-electron chi connectivity index (χ3n) is 3.43. The lowest BCUT2D eigenvalue weighted by Crippen LogP contribution is -2.36. The van der Waals surface area contributed by atoms with Crippen molar-refractivity contribution in [2.45, 2.75) is 25.3 Å². The molecule has 0 unspecified atom stereocenters. The average Bonchev–Trinajstić information content (AvgIpc) is 2.87. The predicted molar refractivity (Wildman–Crippen MR) is 74.0 cm³/mol. The monoisotopic (exact) mass is 293 g/mol. The highest BCUT2D eigenvalue weighted by Gasteiger charge is 2.30. The van der Waals surface area contributed by atoms with Crippen LogP contribution in [0, 0.1) is 16.0 Å². The van der Waals surface area contributed by atoms with Crippen LogP contribution in [0.1, 0.15) is 19.3 Å². The van der Waals surface area contributed by atoms with E-state index in [0.717, 1.165) is 0 Å². The molecule has 3 N–H and O–H groups in total. The molecule has 1 fully saturated rings. The van der Waals surface area contributed by atoms with Crippen molar-refractivity contribution in [3.63, 3.8) is 0 Å². The molecule has 2 amide bonds. The lowest BCUT2D eigenvalue weighted by molar-refractivity contribution is -0.384. The number of carbonyl (C=O) groups is 2. The highest BCUT2D eigenvalue weighted by atomic mass is 16.6. The molecule has 0 saturated heterocycles. The summed E-state index contributed by atoms with van der Waals surface area (Å²) in [4.78, 5) is 32.7. The fourth-order valence-corrected chi connectivity index (χ4v) is 2.39. The number of urea groups is 1. The van der Waals surface area contributed by atoms with E-state index < -0.39 is 22.8 Å². The Morgan fingerprint density at radius 1 is 1.33 bits per heavy atom. The van der Waals surface area contributed by atoms with Gasteiger partial charge in [0.1, 0.15) is 0 Å². The Bertz CT molecular complexity index is 575. The first-order chi connectivity index (χ1) is 9.95. The van der Waals surface area contributed by atoms with E-state index in [1.807, 2.05) is 0 Å². The molecule has 1 aliphatic rings. The quantitative estimate of drug-likeness (QED) is 0.578. The topological polar surface area (TPSA) is 122 Å². The minimum Gasteiger partial charge on any atom is -0.481 e. The maximum absolute atomic E-state index is 11.8. The molecule has 0 radical (unpaired) electrons. The van der Waals surface area contributed by atoms with Gasteiger partial charge in [0, 0.05) is 23.9 Å². The first-order valence-corrected chi connectivity index (χ1v) is 6.50. The number of nitrogens with one attached hydrogen (secondary N) is 2. The van der Waals surface area contributed by atoms with Gasteiger partial charge in [0.2, 0.25) is 0 Å². The molecule has 1 saturated carbocycles. The third-order valence-corrected chi connectivity index (χ3v) is 3.43. The summed E-state index contributed by atoms with van der Waals surface area (Å²) < 4.78 is 0. The zero-order valence-electron chi connectivity index (χ0n) is 11.1. The van der Waals surface area contributed by atoms with E-state index >= 15 is 0 Å². The first-order valence-electron chi connectivity index (χ1n) is 6.50. The number of amides is 2. The Kier molecular flexibility index (Phi) is 4.36. The van der Waals surface area contributed by atoms with Crippen LogP contribution in [0.5, 0.6) is 0 Å². The van der Waals surface area contributed by atoms with Crippen molar-refractivity contribution in [2.24, 2.45) is 5.92 Å².